The lowest BCUT2D eigenvalue weighted by Gasteiger charge is -2.37. The lowest BCUT2D eigenvalue weighted by atomic mass is 10.00. The first-order valence-corrected chi connectivity index (χ1v) is 8.17. The third-order valence-electron chi connectivity index (χ3n) is 4.12. The van der Waals surface area contributed by atoms with Gasteiger partial charge in [0.2, 0.25) is 10.0 Å². The number of nitrogens with one attached hydrogen (secondary N) is 1. The molecule has 17 heavy (non-hydrogen) atoms. The van der Waals surface area contributed by atoms with Crippen LogP contribution < -0.4 is 4.72 Å². The quantitative estimate of drug-likeness (QED) is 0.829. The summed E-state index contributed by atoms with van der Waals surface area (Å²) >= 11 is 0. The maximum absolute atomic E-state index is 11.2. The summed E-state index contributed by atoms with van der Waals surface area (Å²) in [4.78, 5) is 2.55. The van der Waals surface area contributed by atoms with E-state index in [4.69, 9.17) is 0 Å². The number of nitrogens with zero attached hydrogens (tertiary/aromatic N) is 1. The van der Waals surface area contributed by atoms with Crippen LogP contribution in [0.5, 0.6) is 0 Å². The average molecular weight is 260 g/mol. The zero-order chi connectivity index (χ0) is 13.1. The van der Waals surface area contributed by atoms with Crippen LogP contribution in [0.25, 0.3) is 0 Å². The molecule has 0 amide bonds. The minimum absolute atomic E-state index is 0.174. The van der Waals surface area contributed by atoms with Crippen molar-refractivity contribution >= 4 is 10.0 Å². The minimum Gasteiger partial charge on any atom is -0.292 e. The van der Waals surface area contributed by atoms with E-state index in [1.165, 1.54) is 6.26 Å². The van der Waals surface area contributed by atoms with E-state index in [0.29, 0.717) is 18.6 Å². The Morgan fingerprint density at radius 2 is 1.94 bits per heavy atom. The molecule has 100 valence electrons. The van der Waals surface area contributed by atoms with Crippen molar-refractivity contribution in [1.82, 2.24) is 9.62 Å². The second-order valence-electron chi connectivity index (χ2n) is 6.81. The molecule has 0 bridgehead atoms. The Labute approximate surface area is 105 Å². The highest BCUT2D eigenvalue weighted by Gasteiger charge is 2.64. The fourth-order valence-electron chi connectivity index (χ4n) is 3.60. The van der Waals surface area contributed by atoms with E-state index >= 15 is 0 Å². The van der Waals surface area contributed by atoms with E-state index in [9.17, 15) is 8.42 Å². The Hall–Kier alpha value is -0.130. The first-order chi connectivity index (χ1) is 7.55. The van der Waals surface area contributed by atoms with Crippen molar-refractivity contribution in [2.75, 3.05) is 12.8 Å². The Bertz CT molecular complexity index is 413. The molecule has 1 heterocycles. The van der Waals surface area contributed by atoms with Crippen LogP contribution in [0.1, 0.15) is 40.5 Å². The molecule has 0 aromatic heterocycles. The molecule has 1 saturated carbocycles. The standard InChI is InChI=1S/C12H24N2O2S/c1-9-6-12(8-13-17(5,15)16)7-10(12)14(9)11(2,3)4/h9-10,13H,6-8H2,1-5H3/t9?,10?,12-/m0/s1. The Morgan fingerprint density at radius 1 is 1.35 bits per heavy atom. The van der Waals surface area contributed by atoms with Crippen LogP contribution >= 0.6 is 0 Å². The maximum Gasteiger partial charge on any atom is 0.208 e. The van der Waals surface area contributed by atoms with Crippen LogP contribution in [-0.2, 0) is 10.0 Å². The van der Waals surface area contributed by atoms with Crippen molar-refractivity contribution < 1.29 is 8.42 Å². The predicted octanol–water partition coefficient (Wildman–Crippen LogP) is 1.19. The summed E-state index contributed by atoms with van der Waals surface area (Å²) in [6, 6.07) is 1.11. The van der Waals surface area contributed by atoms with Gasteiger partial charge in [-0.3, -0.25) is 4.90 Å². The molecule has 3 atom stereocenters. The number of fused-ring (bicyclic) bond motifs is 1. The van der Waals surface area contributed by atoms with Gasteiger partial charge >= 0.3 is 0 Å². The van der Waals surface area contributed by atoms with Crippen LogP contribution in [0.15, 0.2) is 0 Å². The smallest absolute Gasteiger partial charge is 0.208 e. The van der Waals surface area contributed by atoms with E-state index in [1.54, 1.807) is 0 Å². The van der Waals surface area contributed by atoms with E-state index in [2.05, 4.69) is 37.3 Å². The Balaban J connectivity index is 2.05. The summed E-state index contributed by atoms with van der Waals surface area (Å²) in [5.41, 5.74) is 0.378. The van der Waals surface area contributed by atoms with E-state index in [1.807, 2.05) is 0 Å². The van der Waals surface area contributed by atoms with Crippen LogP contribution in [0.3, 0.4) is 0 Å². The normalized spacial score (nSPS) is 38.2. The SMILES string of the molecule is CC1C[C@@]2(CNS(C)(=O)=O)CC2N1C(C)(C)C. The van der Waals surface area contributed by atoms with Crippen molar-refractivity contribution in [2.45, 2.75) is 58.2 Å². The first-order valence-electron chi connectivity index (χ1n) is 6.28. The van der Waals surface area contributed by atoms with Gasteiger partial charge in [0.15, 0.2) is 0 Å². The molecule has 1 N–H and O–H groups in total. The summed E-state index contributed by atoms with van der Waals surface area (Å²) in [6.45, 7) is 9.57. The van der Waals surface area contributed by atoms with Gasteiger partial charge in [-0.05, 0) is 40.5 Å². The topological polar surface area (TPSA) is 49.4 Å². The number of rotatable bonds is 3. The van der Waals surface area contributed by atoms with E-state index in [0.717, 1.165) is 12.8 Å². The van der Waals surface area contributed by atoms with Crippen LogP contribution in [0.2, 0.25) is 0 Å². The molecule has 2 rings (SSSR count). The van der Waals surface area contributed by atoms with Gasteiger partial charge in [0.05, 0.1) is 6.26 Å². The van der Waals surface area contributed by atoms with Gasteiger partial charge in [-0.25, -0.2) is 13.1 Å². The summed E-state index contributed by atoms with van der Waals surface area (Å²) in [7, 11) is -3.06. The van der Waals surface area contributed by atoms with Gasteiger partial charge < -0.3 is 0 Å². The van der Waals surface area contributed by atoms with Crippen molar-refractivity contribution in [1.29, 1.82) is 0 Å². The number of hydrogen-bond donors (Lipinski definition) is 1. The molecule has 0 spiro atoms. The molecule has 0 aromatic rings. The minimum atomic E-state index is -3.06. The Morgan fingerprint density at radius 3 is 2.35 bits per heavy atom. The summed E-state index contributed by atoms with van der Waals surface area (Å²) in [5.74, 6) is 0. The number of piperidine rings is 1. The molecular weight excluding hydrogens is 236 g/mol. The first kappa shape index (κ1) is 13.3. The molecule has 2 aliphatic rings. The second kappa shape index (κ2) is 3.68. The van der Waals surface area contributed by atoms with E-state index in [-0.39, 0.29) is 11.0 Å². The largest absolute Gasteiger partial charge is 0.292 e. The van der Waals surface area contributed by atoms with Gasteiger partial charge in [0.25, 0.3) is 0 Å². The third kappa shape index (κ3) is 2.51. The lowest BCUT2D eigenvalue weighted by Crippen LogP contribution is -2.45. The zero-order valence-corrected chi connectivity index (χ0v) is 12.3. The van der Waals surface area contributed by atoms with Gasteiger partial charge in [0.1, 0.15) is 0 Å². The maximum atomic E-state index is 11.2. The van der Waals surface area contributed by atoms with Crippen molar-refractivity contribution in [2.24, 2.45) is 5.41 Å². The molecule has 0 radical (unpaired) electrons. The summed E-state index contributed by atoms with van der Waals surface area (Å²) in [6.07, 6.45) is 3.48. The molecule has 2 fully saturated rings. The van der Waals surface area contributed by atoms with E-state index < -0.39 is 10.0 Å². The van der Waals surface area contributed by atoms with Crippen LogP contribution in [0, 0.1) is 5.41 Å². The highest BCUT2D eigenvalue weighted by molar-refractivity contribution is 7.88. The average Bonchev–Trinajstić information content (AvgIpc) is 2.66. The zero-order valence-electron chi connectivity index (χ0n) is 11.4. The second-order valence-corrected chi connectivity index (χ2v) is 8.64. The molecule has 0 aromatic carbocycles. The summed E-state index contributed by atoms with van der Waals surface area (Å²) < 4.78 is 25.1. The number of sulfonamides is 1. The highest BCUT2D eigenvalue weighted by atomic mass is 32.2. The third-order valence-corrected chi connectivity index (χ3v) is 4.79. The highest BCUT2D eigenvalue weighted by Crippen LogP contribution is 2.60. The number of hydrogen-bond acceptors (Lipinski definition) is 3. The molecule has 1 saturated heterocycles. The molecule has 4 nitrogen and oxygen atoms in total. The fraction of sp³-hybridized carbons (Fsp3) is 1.00. The van der Waals surface area contributed by atoms with Crippen LogP contribution in [0.4, 0.5) is 0 Å². The van der Waals surface area contributed by atoms with Crippen molar-refractivity contribution in [3.05, 3.63) is 0 Å². The molecule has 2 unspecified atom stereocenters. The van der Waals surface area contributed by atoms with Crippen LogP contribution in [-0.4, -0.2) is 43.7 Å². The van der Waals surface area contributed by atoms with Crippen molar-refractivity contribution in [3.63, 3.8) is 0 Å². The Kier molecular flexibility index (Phi) is 2.88. The lowest BCUT2D eigenvalue weighted by molar-refractivity contribution is 0.104. The van der Waals surface area contributed by atoms with Crippen molar-refractivity contribution in [3.8, 4) is 0 Å². The van der Waals surface area contributed by atoms with Gasteiger partial charge in [-0.15, -0.1) is 0 Å². The summed E-state index contributed by atoms with van der Waals surface area (Å²) in [5, 5.41) is 0. The van der Waals surface area contributed by atoms with Gasteiger partial charge in [0, 0.05) is 29.6 Å². The number of likely N-dealkylation sites (tertiary alicyclic amines) is 1. The monoisotopic (exact) mass is 260 g/mol. The molecule has 1 aliphatic carbocycles. The molecule has 1 aliphatic heterocycles. The fourth-order valence-corrected chi connectivity index (χ4v) is 4.15. The molecular formula is C12H24N2O2S. The van der Waals surface area contributed by atoms with Gasteiger partial charge in [-0.1, -0.05) is 0 Å². The molecule has 5 heteroatoms. The van der Waals surface area contributed by atoms with Gasteiger partial charge in [-0.2, -0.15) is 0 Å². The predicted molar refractivity (Wildman–Crippen MR) is 69.4 cm³/mol.